The van der Waals surface area contributed by atoms with E-state index in [4.69, 9.17) is 4.74 Å². The normalized spacial score (nSPS) is 17.0. The Morgan fingerprint density at radius 2 is 1.90 bits per heavy atom. The van der Waals surface area contributed by atoms with Crippen LogP contribution in [-0.2, 0) is 0 Å². The summed E-state index contributed by atoms with van der Waals surface area (Å²) in [5.74, 6) is 0.510. The Kier molecular flexibility index (Phi) is 4.98. The van der Waals surface area contributed by atoms with Gasteiger partial charge >= 0.3 is 0 Å². The molecule has 0 spiro atoms. The Bertz CT molecular complexity index is 499. The number of hydrogen-bond acceptors (Lipinski definition) is 6. The minimum absolute atomic E-state index is 0.0245. The molecule has 0 atom stereocenters. The fourth-order valence-corrected chi connectivity index (χ4v) is 2.19. The molecule has 116 valence electrons. The molecule has 1 N–H and O–H groups in total. The van der Waals surface area contributed by atoms with Gasteiger partial charge in [0.2, 0.25) is 0 Å². The molecule has 1 fully saturated rings. The van der Waals surface area contributed by atoms with E-state index in [0.29, 0.717) is 11.4 Å². The Balaban J connectivity index is 2.13. The number of non-ortho nitro benzene ring substituents is 1. The van der Waals surface area contributed by atoms with Gasteiger partial charge in [-0.25, -0.2) is 5.01 Å². The second-order valence-electron chi connectivity index (χ2n) is 5.54. The van der Waals surface area contributed by atoms with Crippen LogP contribution in [0.3, 0.4) is 0 Å². The van der Waals surface area contributed by atoms with E-state index in [-0.39, 0.29) is 11.8 Å². The van der Waals surface area contributed by atoms with Gasteiger partial charge in [0.1, 0.15) is 5.75 Å². The second-order valence-corrected chi connectivity index (χ2v) is 5.54. The zero-order chi connectivity index (χ0) is 15.4. The summed E-state index contributed by atoms with van der Waals surface area (Å²) in [7, 11) is 2.08. The van der Waals surface area contributed by atoms with Crippen LogP contribution >= 0.6 is 0 Å². The summed E-state index contributed by atoms with van der Waals surface area (Å²) in [6, 6.07) is 4.78. The number of nitrogens with zero attached hydrogens (tertiary/aromatic N) is 3. The van der Waals surface area contributed by atoms with Crippen LogP contribution in [0.15, 0.2) is 18.2 Å². The molecule has 1 aromatic carbocycles. The van der Waals surface area contributed by atoms with E-state index in [0.717, 1.165) is 26.2 Å². The molecule has 0 saturated carbocycles. The number of likely N-dealkylation sites (N-methyl/N-ethyl adjacent to an activating group) is 1. The molecule has 0 aliphatic carbocycles. The van der Waals surface area contributed by atoms with E-state index in [1.807, 2.05) is 13.8 Å². The summed E-state index contributed by atoms with van der Waals surface area (Å²) in [5, 5.41) is 13.1. The van der Waals surface area contributed by atoms with Crippen LogP contribution < -0.4 is 10.2 Å². The van der Waals surface area contributed by atoms with E-state index < -0.39 is 4.92 Å². The minimum atomic E-state index is -0.400. The Labute approximate surface area is 124 Å². The van der Waals surface area contributed by atoms with Crippen LogP contribution in [0.25, 0.3) is 0 Å². The van der Waals surface area contributed by atoms with Crippen LogP contribution in [0.4, 0.5) is 11.4 Å². The Morgan fingerprint density at radius 1 is 1.24 bits per heavy atom. The van der Waals surface area contributed by atoms with Crippen molar-refractivity contribution in [2.24, 2.45) is 0 Å². The van der Waals surface area contributed by atoms with Gasteiger partial charge in [0.15, 0.2) is 0 Å². The first kappa shape index (κ1) is 15.5. The maximum atomic E-state index is 11.0. The molecule has 2 rings (SSSR count). The van der Waals surface area contributed by atoms with Crippen molar-refractivity contribution < 1.29 is 9.66 Å². The molecule has 1 aliphatic rings. The van der Waals surface area contributed by atoms with Crippen molar-refractivity contribution in [2.45, 2.75) is 20.0 Å². The molecule has 7 heteroatoms. The van der Waals surface area contributed by atoms with Gasteiger partial charge < -0.3 is 15.1 Å². The summed E-state index contributed by atoms with van der Waals surface area (Å²) in [4.78, 5) is 12.9. The number of rotatable bonds is 5. The Hall–Kier alpha value is -1.86. The average molecular weight is 294 g/mol. The third-order valence-corrected chi connectivity index (χ3v) is 3.26. The number of hydrazine groups is 1. The topological polar surface area (TPSA) is 70.9 Å². The van der Waals surface area contributed by atoms with E-state index in [2.05, 4.69) is 22.4 Å². The van der Waals surface area contributed by atoms with Crippen LogP contribution in [-0.4, -0.2) is 54.2 Å². The monoisotopic (exact) mass is 294 g/mol. The van der Waals surface area contributed by atoms with Crippen LogP contribution in [0.1, 0.15) is 13.8 Å². The van der Waals surface area contributed by atoms with Crippen LogP contribution in [0.2, 0.25) is 0 Å². The van der Waals surface area contributed by atoms with E-state index in [9.17, 15) is 10.1 Å². The lowest BCUT2D eigenvalue weighted by atomic mass is 10.2. The van der Waals surface area contributed by atoms with Gasteiger partial charge in [-0.05, 0) is 20.9 Å². The summed E-state index contributed by atoms with van der Waals surface area (Å²) >= 11 is 0. The SMILES string of the molecule is CC(C)Oc1cc(NN2CCN(C)CC2)cc([N+](=O)[O-])c1. The van der Waals surface area contributed by atoms with Crippen molar-refractivity contribution in [1.29, 1.82) is 0 Å². The molecule has 21 heavy (non-hydrogen) atoms. The lowest BCUT2D eigenvalue weighted by Gasteiger charge is -2.33. The van der Waals surface area contributed by atoms with Gasteiger partial charge in [0, 0.05) is 38.3 Å². The van der Waals surface area contributed by atoms with Crippen molar-refractivity contribution in [2.75, 3.05) is 38.7 Å². The van der Waals surface area contributed by atoms with Gasteiger partial charge in [0.05, 0.1) is 22.8 Å². The summed E-state index contributed by atoms with van der Waals surface area (Å²) in [6.07, 6.45) is -0.0245. The highest BCUT2D eigenvalue weighted by Crippen LogP contribution is 2.27. The molecule has 0 bridgehead atoms. The van der Waals surface area contributed by atoms with E-state index in [1.165, 1.54) is 12.1 Å². The fraction of sp³-hybridized carbons (Fsp3) is 0.571. The quantitative estimate of drug-likeness (QED) is 0.661. The van der Waals surface area contributed by atoms with Crippen molar-refractivity contribution in [3.8, 4) is 5.75 Å². The lowest BCUT2D eigenvalue weighted by molar-refractivity contribution is -0.384. The summed E-state index contributed by atoms with van der Waals surface area (Å²) in [6.45, 7) is 7.48. The van der Waals surface area contributed by atoms with Crippen molar-refractivity contribution in [3.05, 3.63) is 28.3 Å². The standard InChI is InChI=1S/C14H22N4O3/c1-11(2)21-14-9-12(8-13(10-14)18(19)20)15-17-6-4-16(3)5-7-17/h8-11,15H,4-7H2,1-3H3. The van der Waals surface area contributed by atoms with Gasteiger partial charge in [-0.1, -0.05) is 0 Å². The Morgan fingerprint density at radius 3 is 2.48 bits per heavy atom. The molecular formula is C14H22N4O3. The molecule has 0 aromatic heterocycles. The maximum Gasteiger partial charge on any atom is 0.275 e. The molecule has 1 aliphatic heterocycles. The zero-order valence-electron chi connectivity index (χ0n) is 12.7. The predicted octanol–water partition coefficient (Wildman–Crippen LogP) is 1.96. The molecule has 0 unspecified atom stereocenters. The number of ether oxygens (including phenoxy) is 1. The van der Waals surface area contributed by atoms with Crippen molar-refractivity contribution in [1.82, 2.24) is 9.91 Å². The number of hydrogen-bond donors (Lipinski definition) is 1. The van der Waals surface area contributed by atoms with Gasteiger partial charge in [-0.15, -0.1) is 0 Å². The first-order valence-electron chi connectivity index (χ1n) is 7.10. The third kappa shape index (κ3) is 4.57. The summed E-state index contributed by atoms with van der Waals surface area (Å²) < 4.78 is 5.58. The molecule has 0 amide bonds. The zero-order valence-corrected chi connectivity index (χ0v) is 12.7. The predicted molar refractivity (Wildman–Crippen MR) is 81.6 cm³/mol. The third-order valence-electron chi connectivity index (χ3n) is 3.26. The number of nitro benzene ring substituents is 1. The van der Waals surface area contributed by atoms with Gasteiger partial charge in [0.25, 0.3) is 5.69 Å². The highest BCUT2D eigenvalue weighted by Gasteiger charge is 2.16. The molecule has 7 nitrogen and oxygen atoms in total. The fourth-order valence-electron chi connectivity index (χ4n) is 2.19. The minimum Gasteiger partial charge on any atom is -0.491 e. The highest BCUT2D eigenvalue weighted by atomic mass is 16.6. The first-order valence-corrected chi connectivity index (χ1v) is 7.10. The number of benzene rings is 1. The average Bonchev–Trinajstić information content (AvgIpc) is 2.40. The second kappa shape index (κ2) is 6.73. The van der Waals surface area contributed by atoms with E-state index in [1.54, 1.807) is 6.07 Å². The van der Waals surface area contributed by atoms with Gasteiger partial charge in [-0.3, -0.25) is 10.1 Å². The molecule has 1 aromatic rings. The molecule has 1 saturated heterocycles. The van der Waals surface area contributed by atoms with Gasteiger partial charge in [-0.2, -0.15) is 0 Å². The number of piperazine rings is 1. The maximum absolute atomic E-state index is 11.0. The number of nitro groups is 1. The highest BCUT2D eigenvalue weighted by molar-refractivity contribution is 5.56. The smallest absolute Gasteiger partial charge is 0.275 e. The van der Waals surface area contributed by atoms with Crippen molar-refractivity contribution >= 4 is 11.4 Å². The first-order chi connectivity index (χ1) is 9.94. The van der Waals surface area contributed by atoms with E-state index >= 15 is 0 Å². The number of nitrogens with one attached hydrogen (secondary N) is 1. The van der Waals surface area contributed by atoms with Crippen molar-refractivity contribution in [3.63, 3.8) is 0 Å². The number of anilines is 1. The molecule has 0 radical (unpaired) electrons. The largest absolute Gasteiger partial charge is 0.491 e. The summed E-state index contributed by atoms with van der Waals surface area (Å²) in [5.41, 5.74) is 3.95. The van der Waals surface area contributed by atoms with Crippen LogP contribution in [0.5, 0.6) is 5.75 Å². The van der Waals surface area contributed by atoms with Crippen LogP contribution in [0, 0.1) is 10.1 Å². The molecule has 1 heterocycles. The lowest BCUT2D eigenvalue weighted by Crippen LogP contribution is -2.46. The molecular weight excluding hydrogens is 272 g/mol.